The van der Waals surface area contributed by atoms with E-state index < -0.39 is 0 Å². The van der Waals surface area contributed by atoms with Crippen molar-refractivity contribution < 1.29 is 14.3 Å². The van der Waals surface area contributed by atoms with Gasteiger partial charge in [-0.25, -0.2) is 0 Å². The Hall–Kier alpha value is -2.33. The number of hydrogen-bond donors (Lipinski definition) is 0. The van der Waals surface area contributed by atoms with Gasteiger partial charge in [0.05, 0.1) is 18.8 Å². The molecule has 0 unspecified atom stereocenters. The largest absolute Gasteiger partial charge is 0.488 e. The number of amides is 1. The fourth-order valence-corrected chi connectivity index (χ4v) is 2.44. The van der Waals surface area contributed by atoms with Crippen molar-refractivity contribution in [3.05, 3.63) is 65.7 Å². The summed E-state index contributed by atoms with van der Waals surface area (Å²) in [4.78, 5) is 14.4. The molecular weight excluding hydrogens is 278 g/mol. The van der Waals surface area contributed by atoms with Gasteiger partial charge in [0.1, 0.15) is 12.4 Å². The average Bonchev–Trinajstić information content (AvgIpc) is 2.61. The summed E-state index contributed by atoms with van der Waals surface area (Å²) in [6.45, 7) is 2.91. The van der Waals surface area contributed by atoms with E-state index in [0.717, 1.165) is 5.56 Å². The van der Waals surface area contributed by atoms with Gasteiger partial charge in [0.15, 0.2) is 0 Å². The summed E-state index contributed by atoms with van der Waals surface area (Å²) in [5.74, 6) is 0.634. The monoisotopic (exact) mass is 297 g/mol. The lowest BCUT2D eigenvalue weighted by Crippen LogP contribution is -2.40. The third-order valence-corrected chi connectivity index (χ3v) is 3.65. The number of ether oxygens (including phenoxy) is 2. The quantitative estimate of drug-likeness (QED) is 0.871. The Morgan fingerprint density at radius 3 is 2.45 bits per heavy atom. The van der Waals surface area contributed by atoms with E-state index in [2.05, 4.69) is 0 Å². The minimum atomic E-state index is 0.00645. The number of carbonyl (C=O) groups is 1. The molecular formula is C18H19NO3. The van der Waals surface area contributed by atoms with Crippen molar-refractivity contribution in [3.63, 3.8) is 0 Å². The number of carbonyl (C=O) groups excluding carboxylic acids is 1. The molecule has 1 fully saturated rings. The molecule has 1 heterocycles. The third kappa shape index (κ3) is 3.46. The lowest BCUT2D eigenvalue weighted by molar-refractivity contribution is 0.0300. The van der Waals surface area contributed by atoms with Crippen LogP contribution in [0.4, 0.5) is 0 Å². The first kappa shape index (κ1) is 14.6. The highest BCUT2D eigenvalue weighted by Crippen LogP contribution is 2.21. The molecule has 1 amide bonds. The second-order valence-electron chi connectivity index (χ2n) is 5.18. The van der Waals surface area contributed by atoms with Gasteiger partial charge in [-0.15, -0.1) is 0 Å². The smallest absolute Gasteiger partial charge is 0.257 e. The summed E-state index contributed by atoms with van der Waals surface area (Å²) < 4.78 is 11.2. The predicted molar refractivity (Wildman–Crippen MR) is 83.9 cm³/mol. The molecule has 1 aliphatic heterocycles. The number of morpholine rings is 1. The van der Waals surface area contributed by atoms with Gasteiger partial charge in [0.2, 0.25) is 0 Å². The molecule has 0 radical (unpaired) electrons. The highest BCUT2D eigenvalue weighted by atomic mass is 16.5. The minimum Gasteiger partial charge on any atom is -0.488 e. The van der Waals surface area contributed by atoms with Gasteiger partial charge in [0, 0.05) is 13.1 Å². The van der Waals surface area contributed by atoms with Gasteiger partial charge in [-0.1, -0.05) is 42.5 Å². The van der Waals surface area contributed by atoms with Crippen LogP contribution in [0.1, 0.15) is 15.9 Å². The second kappa shape index (κ2) is 7.09. The van der Waals surface area contributed by atoms with Crippen molar-refractivity contribution in [2.45, 2.75) is 6.61 Å². The van der Waals surface area contributed by atoms with E-state index in [-0.39, 0.29) is 5.91 Å². The lowest BCUT2D eigenvalue weighted by atomic mass is 10.1. The number of rotatable bonds is 4. The van der Waals surface area contributed by atoms with Crippen LogP contribution in [0, 0.1) is 0 Å². The Morgan fingerprint density at radius 1 is 1.00 bits per heavy atom. The van der Waals surface area contributed by atoms with Crippen LogP contribution in [-0.4, -0.2) is 37.1 Å². The van der Waals surface area contributed by atoms with Gasteiger partial charge >= 0.3 is 0 Å². The third-order valence-electron chi connectivity index (χ3n) is 3.65. The van der Waals surface area contributed by atoms with Crippen molar-refractivity contribution in [2.24, 2.45) is 0 Å². The Kier molecular flexibility index (Phi) is 4.71. The fourth-order valence-electron chi connectivity index (χ4n) is 2.44. The van der Waals surface area contributed by atoms with Crippen LogP contribution in [0.15, 0.2) is 54.6 Å². The normalized spacial score (nSPS) is 14.6. The standard InChI is InChI=1S/C18H19NO3/c20-18(19-10-12-21-13-11-19)16-8-4-5-9-17(16)22-14-15-6-2-1-3-7-15/h1-9H,10-14H2. The molecule has 1 saturated heterocycles. The molecule has 0 aliphatic carbocycles. The van der Waals surface area contributed by atoms with Crippen molar-refractivity contribution in [3.8, 4) is 5.75 Å². The summed E-state index contributed by atoms with van der Waals surface area (Å²) in [7, 11) is 0. The van der Waals surface area contributed by atoms with E-state index in [4.69, 9.17) is 9.47 Å². The highest BCUT2D eigenvalue weighted by molar-refractivity contribution is 5.97. The zero-order valence-corrected chi connectivity index (χ0v) is 12.4. The molecule has 0 spiro atoms. The number of nitrogens with zero attached hydrogens (tertiary/aromatic N) is 1. The van der Waals surface area contributed by atoms with Crippen LogP contribution < -0.4 is 4.74 Å². The highest BCUT2D eigenvalue weighted by Gasteiger charge is 2.21. The van der Waals surface area contributed by atoms with Gasteiger partial charge in [-0.2, -0.15) is 0 Å². The molecule has 0 saturated carbocycles. The first-order chi connectivity index (χ1) is 10.8. The maximum absolute atomic E-state index is 12.6. The fraction of sp³-hybridized carbons (Fsp3) is 0.278. The summed E-state index contributed by atoms with van der Waals surface area (Å²) in [5, 5.41) is 0. The van der Waals surface area contributed by atoms with E-state index in [1.54, 1.807) is 0 Å². The van der Waals surface area contributed by atoms with Crippen LogP contribution in [0.25, 0.3) is 0 Å². The molecule has 3 rings (SSSR count). The molecule has 0 bridgehead atoms. The van der Waals surface area contributed by atoms with Crippen molar-refractivity contribution in [1.29, 1.82) is 0 Å². The Morgan fingerprint density at radius 2 is 1.68 bits per heavy atom. The van der Waals surface area contributed by atoms with Crippen LogP contribution in [0.5, 0.6) is 5.75 Å². The molecule has 4 heteroatoms. The van der Waals surface area contributed by atoms with Crippen LogP contribution in [-0.2, 0) is 11.3 Å². The summed E-state index contributed by atoms with van der Waals surface area (Å²) in [6, 6.07) is 17.3. The molecule has 2 aromatic carbocycles. The number of para-hydroxylation sites is 1. The molecule has 4 nitrogen and oxygen atoms in total. The van der Waals surface area contributed by atoms with E-state index in [9.17, 15) is 4.79 Å². The van der Waals surface area contributed by atoms with Crippen LogP contribution >= 0.6 is 0 Å². The van der Waals surface area contributed by atoms with Crippen LogP contribution in [0.2, 0.25) is 0 Å². The molecule has 0 N–H and O–H groups in total. The van der Waals surface area contributed by atoms with E-state index in [1.165, 1.54) is 0 Å². The van der Waals surface area contributed by atoms with Crippen molar-refractivity contribution in [1.82, 2.24) is 4.90 Å². The SMILES string of the molecule is O=C(c1ccccc1OCc1ccccc1)N1CCOCC1. The zero-order chi connectivity index (χ0) is 15.2. The van der Waals surface area contributed by atoms with Crippen LogP contribution in [0.3, 0.4) is 0 Å². The zero-order valence-electron chi connectivity index (χ0n) is 12.4. The van der Waals surface area contributed by atoms with Crippen molar-refractivity contribution >= 4 is 5.91 Å². The van der Waals surface area contributed by atoms with Gasteiger partial charge < -0.3 is 14.4 Å². The topological polar surface area (TPSA) is 38.8 Å². The lowest BCUT2D eigenvalue weighted by Gasteiger charge is -2.27. The summed E-state index contributed by atoms with van der Waals surface area (Å²) in [6.07, 6.45) is 0. The van der Waals surface area contributed by atoms with E-state index in [1.807, 2.05) is 59.5 Å². The molecule has 22 heavy (non-hydrogen) atoms. The maximum atomic E-state index is 12.6. The Labute approximate surface area is 130 Å². The minimum absolute atomic E-state index is 0.00645. The van der Waals surface area contributed by atoms with Gasteiger partial charge in [-0.3, -0.25) is 4.79 Å². The first-order valence-electron chi connectivity index (χ1n) is 7.47. The predicted octanol–water partition coefficient (Wildman–Crippen LogP) is 2.74. The Balaban J connectivity index is 1.73. The number of benzene rings is 2. The molecule has 2 aromatic rings. The first-order valence-corrected chi connectivity index (χ1v) is 7.47. The summed E-state index contributed by atoms with van der Waals surface area (Å²) >= 11 is 0. The maximum Gasteiger partial charge on any atom is 0.257 e. The average molecular weight is 297 g/mol. The molecule has 1 aliphatic rings. The van der Waals surface area contributed by atoms with E-state index >= 15 is 0 Å². The van der Waals surface area contributed by atoms with Gasteiger partial charge in [0.25, 0.3) is 5.91 Å². The van der Waals surface area contributed by atoms with Gasteiger partial charge in [-0.05, 0) is 17.7 Å². The Bertz CT molecular complexity index is 621. The molecule has 0 aromatic heterocycles. The second-order valence-corrected chi connectivity index (χ2v) is 5.18. The van der Waals surface area contributed by atoms with Crippen molar-refractivity contribution in [2.75, 3.05) is 26.3 Å². The summed E-state index contributed by atoms with van der Waals surface area (Å²) in [5.41, 5.74) is 1.69. The van der Waals surface area contributed by atoms with E-state index in [0.29, 0.717) is 44.2 Å². The molecule has 0 atom stereocenters. The number of hydrogen-bond acceptors (Lipinski definition) is 3. The molecule has 114 valence electrons.